The van der Waals surface area contributed by atoms with E-state index < -0.39 is 0 Å². The van der Waals surface area contributed by atoms with Crippen LogP contribution in [-0.4, -0.2) is 24.7 Å². The first-order valence-corrected chi connectivity index (χ1v) is 8.77. The third-order valence-corrected chi connectivity index (χ3v) is 3.77. The lowest BCUT2D eigenvalue weighted by Crippen LogP contribution is -2.46. The molecule has 5 heteroatoms. The summed E-state index contributed by atoms with van der Waals surface area (Å²) in [5.74, 6) is 0.831. The topological polar surface area (TPSA) is 50.4 Å². The van der Waals surface area contributed by atoms with Gasteiger partial charge in [0.1, 0.15) is 5.75 Å². The zero-order valence-corrected chi connectivity index (χ0v) is 16.6. The Morgan fingerprint density at radius 3 is 2.35 bits per heavy atom. The van der Waals surface area contributed by atoms with Crippen LogP contribution in [0.5, 0.6) is 5.75 Å². The molecule has 0 fully saturated rings. The molecule has 23 heavy (non-hydrogen) atoms. The van der Waals surface area contributed by atoms with Gasteiger partial charge in [0.15, 0.2) is 0 Å². The SMILES string of the molecule is CC(C)(C)NC(=O)NCCCOc1ccc(C(C)(C)C)cc1Br. The van der Waals surface area contributed by atoms with Gasteiger partial charge in [0.05, 0.1) is 11.1 Å². The Morgan fingerprint density at radius 1 is 1.17 bits per heavy atom. The first kappa shape index (κ1) is 19.8. The molecule has 0 atom stereocenters. The molecule has 2 amide bonds. The fourth-order valence-corrected chi connectivity index (χ4v) is 2.42. The van der Waals surface area contributed by atoms with Crippen LogP contribution in [0.4, 0.5) is 4.79 Å². The summed E-state index contributed by atoms with van der Waals surface area (Å²) < 4.78 is 6.73. The third kappa shape index (κ3) is 7.73. The van der Waals surface area contributed by atoms with E-state index in [9.17, 15) is 4.79 Å². The lowest BCUT2D eigenvalue weighted by atomic mass is 9.87. The molecule has 0 saturated carbocycles. The predicted molar refractivity (Wildman–Crippen MR) is 99.2 cm³/mol. The van der Waals surface area contributed by atoms with Gasteiger partial charge in [0, 0.05) is 12.1 Å². The highest BCUT2D eigenvalue weighted by Gasteiger charge is 2.15. The van der Waals surface area contributed by atoms with Gasteiger partial charge in [-0.2, -0.15) is 0 Å². The number of carbonyl (C=O) groups excluding carboxylic acids is 1. The van der Waals surface area contributed by atoms with Crippen LogP contribution in [0.25, 0.3) is 0 Å². The van der Waals surface area contributed by atoms with Crippen LogP contribution >= 0.6 is 15.9 Å². The molecule has 0 unspecified atom stereocenters. The number of ether oxygens (including phenoxy) is 1. The van der Waals surface area contributed by atoms with Gasteiger partial charge in [0.25, 0.3) is 0 Å². The van der Waals surface area contributed by atoms with Gasteiger partial charge in [-0.15, -0.1) is 0 Å². The van der Waals surface area contributed by atoms with E-state index in [0.29, 0.717) is 13.2 Å². The molecule has 0 aromatic heterocycles. The number of urea groups is 1. The molecule has 1 rings (SSSR count). The first-order valence-electron chi connectivity index (χ1n) is 7.98. The Labute approximate surface area is 148 Å². The van der Waals surface area contributed by atoms with Crippen LogP contribution in [-0.2, 0) is 5.41 Å². The molecule has 0 heterocycles. The fourth-order valence-electron chi connectivity index (χ4n) is 1.93. The smallest absolute Gasteiger partial charge is 0.315 e. The Morgan fingerprint density at radius 2 is 1.83 bits per heavy atom. The van der Waals surface area contributed by atoms with Gasteiger partial charge >= 0.3 is 6.03 Å². The van der Waals surface area contributed by atoms with E-state index >= 15 is 0 Å². The molecule has 0 saturated heterocycles. The van der Waals surface area contributed by atoms with E-state index in [0.717, 1.165) is 16.6 Å². The highest BCUT2D eigenvalue weighted by atomic mass is 79.9. The molecule has 0 bridgehead atoms. The maximum atomic E-state index is 11.6. The maximum absolute atomic E-state index is 11.6. The summed E-state index contributed by atoms with van der Waals surface area (Å²) in [5, 5.41) is 5.69. The van der Waals surface area contributed by atoms with E-state index in [1.165, 1.54) is 5.56 Å². The zero-order valence-electron chi connectivity index (χ0n) is 15.0. The first-order chi connectivity index (χ1) is 10.5. The van der Waals surface area contributed by atoms with Crippen molar-refractivity contribution in [1.82, 2.24) is 10.6 Å². The van der Waals surface area contributed by atoms with Crippen LogP contribution in [0.3, 0.4) is 0 Å². The maximum Gasteiger partial charge on any atom is 0.315 e. The normalized spacial score (nSPS) is 12.0. The molecule has 4 nitrogen and oxygen atoms in total. The second kappa shape index (κ2) is 8.04. The molecule has 2 N–H and O–H groups in total. The number of amides is 2. The monoisotopic (exact) mass is 384 g/mol. The summed E-state index contributed by atoms with van der Waals surface area (Å²) in [5.41, 5.74) is 1.16. The van der Waals surface area contributed by atoms with Crippen molar-refractivity contribution in [2.45, 2.75) is 58.9 Å². The van der Waals surface area contributed by atoms with E-state index in [2.05, 4.69) is 59.5 Å². The van der Waals surface area contributed by atoms with E-state index in [-0.39, 0.29) is 17.0 Å². The minimum atomic E-state index is -0.222. The number of rotatable bonds is 5. The molecule has 0 aliphatic carbocycles. The molecule has 1 aromatic carbocycles. The fraction of sp³-hybridized carbons (Fsp3) is 0.611. The second-order valence-electron chi connectivity index (χ2n) is 7.73. The lowest BCUT2D eigenvalue weighted by molar-refractivity contribution is 0.230. The van der Waals surface area contributed by atoms with Gasteiger partial charge in [-0.25, -0.2) is 4.79 Å². The molecule has 0 spiro atoms. The third-order valence-electron chi connectivity index (χ3n) is 3.15. The average Bonchev–Trinajstić information content (AvgIpc) is 2.36. The second-order valence-corrected chi connectivity index (χ2v) is 8.58. The predicted octanol–water partition coefficient (Wildman–Crippen LogP) is 4.61. The van der Waals surface area contributed by atoms with Crippen LogP contribution in [0, 0.1) is 0 Å². The number of benzene rings is 1. The van der Waals surface area contributed by atoms with Crippen molar-refractivity contribution >= 4 is 22.0 Å². The number of carbonyl (C=O) groups is 1. The van der Waals surface area contributed by atoms with Crippen molar-refractivity contribution in [2.24, 2.45) is 0 Å². The number of hydrogen-bond donors (Lipinski definition) is 2. The average molecular weight is 385 g/mol. The van der Waals surface area contributed by atoms with Crippen LogP contribution < -0.4 is 15.4 Å². The van der Waals surface area contributed by atoms with Crippen molar-refractivity contribution < 1.29 is 9.53 Å². The van der Waals surface area contributed by atoms with Crippen LogP contribution in [0.2, 0.25) is 0 Å². The molecule has 130 valence electrons. The molecule has 0 aliphatic heterocycles. The molecule has 1 aromatic rings. The zero-order chi connectivity index (χ0) is 17.7. The summed E-state index contributed by atoms with van der Waals surface area (Å²) in [7, 11) is 0. The molecular weight excluding hydrogens is 356 g/mol. The van der Waals surface area contributed by atoms with Gasteiger partial charge in [-0.1, -0.05) is 26.8 Å². The van der Waals surface area contributed by atoms with Crippen molar-refractivity contribution in [3.63, 3.8) is 0 Å². The Kier molecular flexibility index (Phi) is 6.93. The highest BCUT2D eigenvalue weighted by molar-refractivity contribution is 9.10. The molecule has 0 radical (unpaired) electrons. The van der Waals surface area contributed by atoms with Crippen LogP contribution in [0.15, 0.2) is 22.7 Å². The summed E-state index contributed by atoms with van der Waals surface area (Å²) >= 11 is 3.56. The largest absolute Gasteiger partial charge is 0.492 e. The van der Waals surface area contributed by atoms with Gasteiger partial charge in [-0.05, 0) is 66.2 Å². The van der Waals surface area contributed by atoms with Gasteiger partial charge in [-0.3, -0.25) is 0 Å². The Hall–Kier alpha value is -1.23. The van der Waals surface area contributed by atoms with Crippen molar-refractivity contribution in [1.29, 1.82) is 0 Å². The summed E-state index contributed by atoms with van der Waals surface area (Å²) in [6.45, 7) is 13.6. The van der Waals surface area contributed by atoms with Gasteiger partial charge in [0.2, 0.25) is 0 Å². The summed E-state index contributed by atoms with van der Waals surface area (Å²) in [6, 6.07) is 6.04. The summed E-state index contributed by atoms with van der Waals surface area (Å²) in [4.78, 5) is 11.6. The standard InChI is InChI=1S/C18H29BrN2O2/c1-17(2,3)13-8-9-15(14(19)12-13)23-11-7-10-20-16(22)21-18(4,5)6/h8-9,12H,7,10-11H2,1-6H3,(H2,20,21,22). The van der Waals surface area contributed by atoms with Gasteiger partial charge < -0.3 is 15.4 Å². The lowest BCUT2D eigenvalue weighted by Gasteiger charge is -2.21. The minimum Gasteiger partial charge on any atom is -0.492 e. The van der Waals surface area contributed by atoms with Crippen molar-refractivity contribution in [3.8, 4) is 5.75 Å². The molecule has 0 aliphatic rings. The van der Waals surface area contributed by atoms with Crippen LogP contribution in [0.1, 0.15) is 53.5 Å². The molecular formula is C18H29BrN2O2. The summed E-state index contributed by atoms with van der Waals surface area (Å²) in [6.07, 6.45) is 0.755. The number of nitrogens with one attached hydrogen (secondary N) is 2. The Balaban J connectivity index is 2.35. The number of hydrogen-bond acceptors (Lipinski definition) is 2. The van der Waals surface area contributed by atoms with E-state index in [4.69, 9.17) is 4.74 Å². The minimum absolute atomic E-state index is 0.116. The van der Waals surface area contributed by atoms with Crippen molar-refractivity contribution in [3.05, 3.63) is 28.2 Å². The highest BCUT2D eigenvalue weighted by Crippen LogP contribution is 2.31. The quantitative estimate of drug-likeness (QED) is 0.727. The number of halogens is 1. The Bertz CT molecular complexity index is 531. The van der Waals surface area contributed by atoms with E-state index in [1.807, 2.05) is 26.8 Å². The van der Waals surface area contributed by atoms with E-state index in [1.54, 1.807) is 0 Å². The van der Waals surface area contributed by atoms with Crippen molar-refractivity contribution in [2.75, 3.05) is 13.2 Å².